The van der Waals surface area contributed by atoms with Gasteiger partial charge < -0.3 is 9.52 Å². The molecule has 0 saturated heterocycles. The maximum Gasteiger partial charge on any atom is 0.357 e. The summed E-state index contributed by atoms with van der Waals surface area (Å²) in [5.74, 6) is -0.778. The molecular formula is C9H8N2O3S. The van der Waals surface area contributed by atoms with Crippen LogP contribution in [0.3, 0.4) is 0 Å². The number of carboxylic acid groups (broad SMARTS) is 1. The van der Waals surface area contributed by atoms with Gasteiger partial charge in [-0.3, -0.25) is 0 Å². The molecule has 6 heteroatoms. The Labute approximate surface area is 89.4 Å². The van der Waals surface area contributed by atoms with Crippen molar-refractivity contribution in [1.29, 1.82) is 0 Å². The molecule has 2 aromatic rings. The number of rotatable bonds is 2. The molecular weight excluding hydrogens is 216 g/mol. The lowest BCUT2D eigenvalue weighted by Crippen LogP contribution is -1.95. The molecule has 0 bridgehead atoms. The third-order valence-electron chi connectivity index (χ3n) is 1.82. The number of aromatic nitrogens is 2. The second kappa shape index (κ2) is 3.47. The third kappa shape index (κ3) is 1.75. The third-order valence-corrected chi connectivity index (χ3v) is 2.88. The molecule has 0 radical (unpaired) electrons. The molecule has 15 heavy (non-hydrogen) atoms. The number of thiazole rings is 1. The van der Waals surface area contributed by atoms with Gasteiger partial charge in [0.2, 0.25) is 5.89 Å². The number of aryl methyl sites for hydroxylation is 2. The van der Waals surface area contributed by atoms with Crippen molar-refractivity contribution in [2.45, 2.75) is 13.8 Å². The van der Waals surface area contributed by atoms with E-state index in [1.54, 1.807) is 0 Å². The molecule has 1 N–H and O–H groups in total. The predicted octanol–water partition coefficient (Wildman–Crippen LogP) is 2.11. The summed E-state index contributed by atoms with van der Waals surface area (Å²) >= 11 is 1.43. The standard InChI is InChI=1S/C9H8N2O3S/c1-4-7(15-5(2)10-4)8-11-6(3-14-8)9(12)13/h3H,1-2H3,(H,12,13). The van der Waals surface area contributed by atoms with E-state index in [4.69, 9.17) is 9.52 Å². The minimum absolute atomic E-state index is 0.0875. The lowest BCUT2D eigenvalue weighted by Gasteiger charge is -1.88. The normalized spacial score (nSPS) is 10.5. The Kier molecular flexibility index (Phi) is 2.28. The van der Waals surface area contributed by atoms with Crippen molar-refractivity contribution in [2.75, 3.05) is 0 Å². The molecule has 0 saturated carbocycles. The van der Waals surface area contributed by atoms with Gasteiger partial charge in [-0.2, -0.15) is 0 Å². The average molecular weight is 224 g/mol. The molecule has 78 valence electrons. The molecule has 0 aliphatic rings. The minimum atomic E-state index is -1.09. The van der Waals surface area contributed by atoms with Crippen molar-refractivity contribution in [3.8, 4) is 10.8 Å². The Morgan fingerprint density at radius 3 is 2.67 bits per heavy atom. The fraction of sp³-hybridized carbons (Fsp3) is 0.222. The van der Waals surface area contributed by atoms with E-state index >= 15 is 0 Å². The maximum absolute atomic E-state index is 10.6. The number of nitrogens with zero attached hydrogens (tertiary/aromatic N) is 2. The molecule has 0 amide bonds. The fourth-order valence-electron chi connectivity index (χ4n) is 1.21. The smallest absolute Gasteiger partial charge is 0.357 e. The van der Waals surface area contributed by atoms with Crippen molar-refractivity contribution in [1.82, 2.24) is 9.97 Å². The number of hydrogen-bond donors (Lipinski definition) is 1. The number of carbonyl (C=O) groups is 1. The van der Waals surface area contributed by atoms with Crippen LogP contribution in [0.25, 0.3) is 10.8 Å². The zero-order valence-corrected chi connectivity index (χ0v) is 8.96. The second-order valence-electron chi connectivity index (χ2n) is 2.99. The van der Waals surface area contributed by atoms with Gasteiger partial charge >= 0.3 is 5.97 Å². The van der Waals surface area contributed by atoms with Crippen molar-refractivity contribution >= 4 is 17.3 Å². The quantitative estimate of drug-likeness (QED) is 0.845. The Balaban J connectivity index is 2.45. The van der Waals surface area contributed by atoms with Gasteiger partial charge in [-0.1, -0.05) is 0 Å². The first-order valence-electron chi connectivity index (χ1n) is 4.21. The summed E-state index contributed by atoms with van der Waals surface area (Å²) in [6.07, 6.45) is 1.13. The van der Waals surface area contributed by atoms with E-state index in [1.807, 2.05) is 13.8 Å². The highest BCUT2D eigenvalue weighted by atomic mass is 32.1. The first-order valence-corrected chi connectivity index (χ1v) is 5.03. The van der Waals surface area contributed by atoms with Gasteiger partial charge in [0.1, 0.15) is 11.1 Å². The first-order chi connectivity index (χ1) is 7.08. The van der Waals surface area contributed by atoms with E-state index in [0.717, 1.165) is 21.8 Å². The van der Waals surface area contributed by atoms with Crippen molar-refractivity contribution in [3.05, 3.63) is 22.7 Å². The molecule has 0 spiro atoms. The SMILES string of the molecule is Cc1nc(C)c(-c2nc(C(=O)O)co2)s1. The van der Waals surface area contributed by atoms with Crippen molar-refractivity contribution < 1.29 is 14.3 Å². The van der Waals surface area contributed by atoms with Crippen LogP contribution in [0.4, 0.5) is 0 Å². The van der Waals surface area contributed by atoms with Gasteiger partial charge in [-0.05, 0) is 13.8 Å². The highest BCUT2D eigenvalue weighted by Crippen LogP contribution is 2.28. The van der Waals surface area contributed by atoms with Gasteiger partial charge in [-0.25, -0.2) is 14.8 Å². The summed E-state index contributed by atoms with van der Waals surface area (Å²) in [6, 6.07) is 0. The summed E-state index contributed by atoms with van der Waals surface area (Å²) in [5, 5.41) is 9.59. The summed E-state index contributed by atoms with van der Waals surface area (Å²) in [7, 11) is 0. The molecule has 2 rings (SSSR count). The number of carboxylic acids is 1. The van der Waals surface area contributed by atoms with Gasteiger partial charge in [0.15, 0.2) is 5.69 Å². The van der Waals surface area contributed by atoms with E-state index in [9.17, 15) is 4.79 Å². The lowest BCUT2D eigenvalue weighted by atomic mass is 10.4. The van der Waals surface area contributed by atoms with Crippen molar-refractivity contribution in [2.24, 2.45) is 0 Å². The van der Waals surface area contributed by atoms with Crippen LogP contribution in [0, 0.1) is 13.8 Å². The summed E-state index contributed by atoms with van der Waals surface area (Å²) in [6.45, 7) is 3.71. The molecule has 0 aliphatic carbocycles. The van der Waals surface area contributed by atoms with E-state index in [1.165, 1.54) is 11.3 Å². The fourth-order valence-corrected chi connectivity index (χ4v) is 2.06. The van der Waals surface area contributed by atoms with Crippen molar-refractivity contribution in [3.63, 3.8) is 0 Å². The minimum Gasteiger partial charge on any atom is -0.476 e. The van der Waals surface area contributed by atoms with Crippen LogP contribution < -0.4 is 0 Å². The Hall–Kier alpha value is -1.69. The molecule has 2 aromatic heterocycles. The van der Waals surface area contributed by atoms with Crippen LogP contribution in [0.5, 0.6) is 0 Å². The highest BCUT2D eigenvalue weighted by Gasteiger charge is 2.16. The van der Waals surface area contributed by atoms with Crippen LogP contribution in [0.1, 0.15) is 21.2 Å². The lowest BCUT2D eigenvalue weighted by molar-refractivity contribution is 0.0690. The number of hydrogen-bond acceptors (Lipinski definition) is 5. The molecule has 0 unspecified atom stereocenters. The summed E-state index contributed by atoms with van der Waals surface area (Å²) < 4.78 is 5.08. The van der Waals surface area contributed by atoms with Gasteiger partial charge in [0.05, 0.1) is 10.7 Å². The molecule has 0 aromatic carbocycles. The van der Waals surface area contributed by atoms with Crippen LogP contribution in [-0.4, -0.2) is 21.0 Å². The van der Waals surface area contributed by atoms with E-state index in [0.29, 0.717) is 5.89 Å². The maximum atomic E-state index is 10.6. The van der Waals surface area contributed by atoms with Gasteiger partial charge in [-0.15, -0.1) is 11.3 Å². The molecule has 0 atom stereocenters. The Bertz CT molecular complexity index is 515. The highest BCUT2D eigenvalue weighted by molar-refractivity contribution is 7.15. The molecule has 5 nitrogen and oxygen atoms in total. The largest absolute Gasteiger partial charge is 0.476 e. The second-order valence-corrected chi connectivity index (χ2v) is 4.19. The van der Waals surface area contributed by atoms with Crippen LogP contribution in [0.2, 0.25) is 0 Å². The van der Waals surface area contributed by atoms with E-state index in [-0.39, 0.29) is 5.69 Å². The summed E-state index contributed by atoms with van der Waals surface area (Å²) in [4.78, 5) is 19.4. The Morgan fingerprint density at radius 2 is 2.20 bits per heavy atom. The van der Waals surface area contributed by atoms with Crippen LogP contribution >= 0.6 is 11.3 Å². The molecule has 0 fully saturated rings. The number of aromatic carboxylic acids is 1. The topological polar surface area (TPSA) is 76.2 Å². The predicted molar refractivity (Wildman–Crippen MR) is 54.0 cm³/mol. The van der Waals surface area contributed by atoms with Gasteiger partial charge in [0.25, 0.3) is 0 Å². The van der Waals surface area contributed by atoms with E-state index < -0.39 is 5.97 Å². The first kappa shape index (κ1) is 9.85. The zero-order valence-electron chi connectivity index (χ0n) is 8.14. The van der Waals surface area contributed by atoms with E-state index in [2.05, 4.69) is 9.97 Å². The Morgan fingerprint density at radius 1 is 1.47 bits per heavy atom. The van der Waals surface area contributed by atoms with Crippen LogP contribution in [-0.2, 0) is 0 Å². The average Bonchev–Trinajstić information content (AvgIpc) is 2.71. The van der Waals surface area contributed by atoms with Crippen LogP contribution in [0.15, 0.2) is 10.7 Å². The molecule has 0 aliphatic heterocycles. The monoisotopic (exact) mass is 224 g/mol. The van der Waals surface area contributed by atoms with Gasteiger partial charge in [0, 0.05) is 0 Å². The summed E-state index contributed by atoms with van der Waals surface area (Å²) in [5.41, 5.74) is 0.715. The molecule has 2 heterocycles. The zero-order chi connectivity index (χ0) is 11.0. The number of oxazole rings is 1.